The van der Waals surface area contributed by atoms with Crippen LogP contribution in [0.5, 0.6) is 0 Å². The van der Waals surface area contributed by atoms with Crippen molar-refractivity contribution in [2.24, 2.45) is 0 Å². The molecule has 0 saturated carbocycles. The number of rotatable bonds is 3. The van der Waals surface area contributed by atoms with E-state index in [1.54, 1.807) is 7.11 Å². The van der Waals surface area contributed by atoms with Crippen molar-refractivity contribution in [1.82, 2.24) is 4.90 Å². The summed E-state index contributed by atoms with van der Waals surface area (Å²) in [7, 11) is 1.75. The van der Waals surface area contributed by atoms with Crippen LogP contribution in [0, 0.1) is 0 Å². The number of methoxy groups -OCH3 is 1. The molecule has 0 spiro atoms. The molecule has 1 aromatic carbocycles. The summed E-state index contributed by atoms with van der Waals surface area (Å²) in [5.74, 6) is 0. The van der Waals surface area contributed by atoms with Crippen LogP contribution in [0.25, 0.3) is 0 Å². The fourth-order valence-corrected chi connectivity index (χ4v) is 2.10. The van der Waals surface area contributed by atoms with Gasteiger partial charge in [0.2, 0.25) is 0 Å². The summed E-state index contributed by atoms with van der Waals surface area (Å²) in [5.41, 5.74) is 9.38. The van der Waals surface area contributed by atoms with Gasteiger partial charge >= 0.3 is 0 Å². The summed E-state index contributed by atoms with van der Waals surface area (Å²) < 4.78 is 5.17. The maximum absolute atomic E-state index is 5.77. The van der Waals surface area contributed by atoms with Gasteiger partial charge in [0.15, 0.2) is 0 Å². The number of nitrogens with zero attached hydrogens (tertiary/aromatic N) is 1. The highest BCUT2D eigenvalue weighted by Crippen LogP contribution is 2.26. The van der Waals surface area contributed by atoms with Gasteiger partial charge in [-0.05, 0) is 30.2 Å². The molecule has 1 aliphatic heterocycles. The van der Waals surface area contributed by atoms with Crippen LogP contribution in [0.2, 0.25) is 0 Å². The predicted octanol–water partition coefficient (Wildman–Crippen LogP) is 1.62. The van der Waals surface area contributed by atoms with E-state index < -0.39 is 0 Å². The van der Waals surface area contributed by atoms with Crippen LogP contribution >= 0.6 is 0 Å². The van der Waals surface area contributed by atoms with Crippen LogP contribution in [-0.4, -0.2) is 24.7 Å². The van der Waals surface area contributed by atoms with Crippen molar-refractivity contribution in [2.75, 3.05) is 19.5 Å². The molecule has 1 atom stereocenters. The summed E-state index contributed by atoms with van der Waals surface area (Å²) in [6.07, 6.45) is 0. The van der Waals surface area contributed by atoms with Gasteiger partial charge in [0, 0.05) is 31.9 Å². The highest BCUT2D eigenvalue weighted by molar-refractivity contribution is 5.46. The molecule has 0 aromatic heterocycles. The number of hydrogen-bond donors (Lipinski definition) is 1. The van der Waals surface area contributed by atoms with Gasteiger partial charge in [-0.2, -0.15) is 0 Å². The number of anilines is 1. The van der Waals surface area contributed by atoms with Gasteiger partial charge < -0.3 is 10.5 Å². The molecular formula is C12H18N2O. The second-order valence-electron chi connectivity index (χ2n) is 4.24. The first-order chi connectivity index (χ1) is 7.20. The Kier molecular flexibility index (Phi) is 2.93. The normalized spacial score (nSPS) is 17.7. The molecular weight excluding hydrogens is 188 g/mol. The Balaban J connectivity index is 2.08. The molecule has 0 amide bonds. The summed E-state index contributed by atoms with van der Waals surface area (Å²) in [6.45, 7) is 4.98. The van der Waals surface area contributed by atoms with E-state index in [4.69, 9.17) is 10.5 Å². The van der Waals surface area contributed by atoms with E-state index in [0.717, 1.165) is 25.4 Å². The fourth-order valence-electron chi connectivity index (χ4n) is 2.10. The van der Waals surface area contributed by atoms with Gasteiger partial charge in [-0.3, -0.25) is 4.90 Å². The van der Waals surface area contributed by atoms with Gasteiger partial charge in [-0.15, -0.1) is 0 Å². The third-order valence-electron chi connectivity index (χ3n) is 3.01. The van der Waals surface area contributed by atoms with E-state index in [2.05, 4.69) is 24.0 Å². The number of hydrogen-bond acceptors (Lipinski definition) is 3. The number of fused-ring (bicyclic) bond motifs is 1. The van der Waals surface area contributed by atoms with Crippen molar-refractivity contribution < 1.29 is 4.74 Å². The van der Waals surface area contributed by atoms with E-state index in [0.29, 0.717) is 6.04 Å². The monoisotopic (exact) mass is 206 g/mol. The Morgan fingerprint density at radius 1 is 1.40 bits per heavy atom. The average molecular weight is 206 g/mol. The summed E-state index contributed by atoms with van der Waals surface area (Å²) in [5, 5.41) is 0. The summed E-state index contributed by atoms with van der Waals surface area (Å²) >= 11 is 0. The van der Waals surface area contributed by atoms with E-state index >= 15 is 0 Å². The molecule has 82 valence electrons. The lowest BCUT2D eigenvalue weighted by atomic mass is 10.1. The van der Waals surface area contributed by atoms with Crippen LogP contribution < -0.4 is 5.73 Å². The first-order valence-corrected chi connectivity index (χ1v) is 5.31. The van der Waals surface area contributed by atoms with Crippen molar-refractivity contribution >= 4 is 5.69 Å². The molecule has 3 nitrogen and oxygen atoms in total. The smallest absolute Gasteiger partial charge is 0.0615 e. The minimum Gasteiger partial charge on any atom is -0.399 e. The second-order valence-corrected chi connectivity index (χ2v) is 4.24. The zero-order valence-electron chi connectivity index (χ0n) is 9.36. The molecule has 0 radical (unpaired) electrons. The Bertz CT molecular complexity index is 351. The topological polar surface area (TPSA) is 38.5 Å². The molecule has 0 bridgehead atoms. The van der Waals surface area contributed by atoms with Crippen LogP contribution in [0.4, 0.5) is 5.69 Å². The Hall–Kier alpha value is -1.06. The lowest BCUT2D eigenvalue weighted by Gasteiger charge is -2.22. The molecule has 1 unspecified atom stereocenters. The van der Waals surface area contributed by atoms with Gasteiger partial charge in [0.1, 0.15) is 0 Å². The highest BCUT2D eigenvalue weighted by atomic mass is 16.5. The van der Waals surface area contributed by atoms with Crippen molar-refractivity contribution in [3.8, 4) is 0 Å². The van der Waals surface area contributed by atoms with Crippen molar-refractivity contribution in [3.63, 3.8) is 0 Å². The van der Waals surface area contributed by atoms with Crippen LogP contribution in [-0.2, 0) is 17.8 Å². The SMILES string of the molecule is COCC(C)N1Cc2ccc(N)cc2C1. The zero-order valence-corrected chi connectivity index (χ0v) is 9.36. The lowest BCUT2D eigenvalue weighted by Crippen LogP contribution is -2.31. The van der Waals surface area contributed by atoms with Gasteiger partial charge in [-0.25, -0.2) is 0 Å². The van der Waals surface area contributed by atoms with E-state index in [9.17, 15) is 0 Å². The predicted molar refractivity (Wildman–Crippen MR) is 61.4 cm³/mol. The summed E-state index contributed by atoms with van der Waals surface area (Å²) in [6, 6.07) is 6.64. The van der Waals surface area contributed by atoms with Gasteiger partial charge in [0.05, 0.1) is 6.61 Å². The molecule has 1 aromatic rings. The van der Waals surface area contributed by atoms with Crippen molar-refractivity contribution in [1.29, 1.82) is 0 Å². The fraction of sp³-hybridized carbons (Fsp3) is 0.500. The molecule has 3 heteroatoms. The van der Waals surface area contributed by atoms with Gasteiger partial charge in [-0.1, -0.05) is 6.07 Å². The first kappa shape index (κ1) is 10.5. The Morgan fingerprint density at radius 3 is 2.87 bits per heavy atom. The number of nitrogen functional groups attached to an aromatic ring is 1. The van der Waals surface area contributed by atoms with Crippen molar-refractivity contribution in [2.45, 2.75) is 26.1 Å². The maximum Gasteiger partial charge on any atom is 0.0615 e. The van der Waals surface area contributed by atoms with E-state index in [1.165, 1.54) is 11.1 Å². The van der Waals surface area contributed by atoms with Crippen LogP contribution in [0.15, 0.2) is 18.2 Å². The van der Waals surface area contributed by atoms with Crippen LogP contribution in [0.3, 0.4) is 0 Å². The minimum absolute atomic E-state index is 0.462. The molecule has 0 fully saturated rings. The third-order valence-corrected chi connectivity index (χ3v) is 3.01. The maximum atomic E-state index is 5.77. The molecule has 0 aliphatic carbocycles. The second kappa shape index (κ2) is 4.21. The molecule has 15 heavy (non-hydrogen) atoms. The average Bonchev–Trinajstić information content (AvgIpc) is 2.60. The molecule has 2 N–H and O–H groups in total. The molecule has 0 saturated heterocycles. The Morgan fingerprint density at radius 2 is 2.13 bits per heavy atom. The lowest BCUT2D eigenvalue weighted by molar-refractivity contribution is 0.0980. The highest BCUT2D eigenvalue weighted by Gasteiger charge is 2.22. The van der Waals surface area contributed by atoms with Crippen molar-refractivity contribution in [3.05, 3.63) is 29.3 Å². The quantitative estimate of drug-likeness (QED) is 0.764. The van der Waals surface area contributed by atoms with E-state index in [1.807, 2.05) is 6.07 Å². The standard InChI is InChI=1S/C12H18N2O/c1-9(8-15-2)14-6-10-3-4-12(13)5-11(10)7-14/h3-5,9H,6-8,13H2,1-2H3. The number of benzene rings is 1. The first-order valence-electron chi connectivity index (χ1n) is 5.31. The number of ether oxygens (including phenoxy) is 1. The summed E-state index contributed by atoms with van der Waals surface area (Å²) in [4.78, 5) is 2.41. The van der Waals surface area contributed by atoms with Gasteiger partial charge in [0.25, 0.3) is 0 Å². The molecule has 1 aliphatic rings. The zero-order chi connectivity index (χ0) is 10.8. The minimum atomic E-state index is 0.462. The molecule has 2 rings (SSSR count). The van der Waals surface area contributed by atoms with Crippen LogP contribution in [0.1, 0.15) is 18.1 Å². The number of nitrogens with two attached hydrogens (primary N) is 1. The third kappa shape index (κ3) is 2.13. The Labute approximate surface area is 90.8 Å². The molecule has 1 heterocycles. The largest absolute Gasteiger partial charge is 0.399 e. The van der Waals surface area contributed by atoms with E-state index in [-0.39, 0.29) is 0 Å².